The number of rotatable bonds is 2. The van der Waals surface area contributed by atoms with Crippen molar-refractivity contribution >= 4 is 24.1 Å². The van der Waals surface area contributed by atoms with Gasteiger partial charge in [0.05, 0.1) is 0 Å². The summed E-state index contributed by atoms with van der Waals surface area (Å²) in [6.07, 6.45) is 1.90. The SMILES string of the molecule is CNC1CCN(C(=O)Nc2ccc(C)c(F)c2)CC1.Cl. The first-order valence-electron chi connectivity index (χ1n) is 6.59. The highest BCUT2D eigenvalue weighted by atomic mass is 35.5. The number of urea groups is 1. The molecule has 0 saturated carbocycles. The van der Waals surface area contributed by atoms with Gasteiger partial charge in [-0.2, -0.15) is 0 Å². The number of aryl methyl sites for hydroxylation is 1. The molecule has 4 nitrogen and oxygen atoms in total. The Balaban J connectivity index is 0.00000200. The number of halogens is 2. The number of amides is 2. The van der Waals surface area contributed by atoms with Crippen LogP contribution in [0.15, 0.2) is 18.2 Å². The second kappa shape index (κ2) is 7.45. The Morgan fingerprint density at radius 1 is 1.35 bits per heavy atom. The lowest BCUT2D eigenvalue weighted by atomic mass is 10.1. The summed E-state index contributed by atoms with van der Waals surface area (Å²) in [6, 6.07) is 5.07. The number of anilines is 1. The number of carbonyl (C=O) groups is 1. The first-order chi connectivity index (χ1) is 9.10. The number of nitrogens with zero attached hydrogens (tertiary/aromatic N) is 1. The van der Waals surface area contributed by atoms with E-state index in [2.05, 4.69) is 10.6 Å². The van der Waals surface area contributed by atoms with Gasteiger partial charge in [0.1, 0.15) is 5.82 Å². The van der Waals surface area contributed by atoms with Gasteiger partial charge in [0.15, 0.2) is 0 Å². The van der Waals surface area contributed by atoms with Gasteiger partial charge in [0.2, 0.25) is 0 Å². The van der Waals surface area contributed by atoms with E-state index in [0.717, 1.165) is 25.9 Å². The lowest BCUT2D eigenvalue weighted by Crippen LogP contribution is -2.45. The first kappa shape index (κ1) is 16.7. The van der Waals surface area contributed by atoms with Crippen molar-refractivity contribution in [1.29, 1.82) is 0 Å². The van der Waals surface area contributed by atoms with Gasteiger partial charge >= 0.3 is 6.03 Å². The highest BCUT2D eigenvalue weighted by Gasteiger charge is 2.21. The van der Waals surface area contributed by atoms with E-state index in [4.69, 9.17) is 0 Å². The van der Waals surface area contributed by atoms with Crippen molar-refractivity contribution in [3.05, 3.63) is 29.6 Å². The third-order valence-electron chi connectivity index (χ3n) is 3.61. The van der Waals surface area contributed by atoms with Crippen molar-refractivity contribution in [2.45, 2.75) is 25.8 Å². The summed E-state index contributed by atoms with van der Waals surface area (Å²) in [6.45, 7) is 3.15. The Hall–Kier alpha value is -1.33. The lowest BCUT2D eigenvalue weighted by molar-refractivity contribution is 0.190. The van der Waals surface area contributed by atoms with Gasteiger partial charge in [-0.05, 0) is 44.5 Å². The summed E-state index contributed by atoms with van der Waals surface area (Å²) >= 11 is 0. The number of benzene rings is 1. The van der Waals surface area contributed by atoms with Crippen molar-refractivity contribution in [2.24, 2.45) is 0 Å². The van der Waals surface area contributed by atoms with E-state index in [0.29, 0.717) is 17.3 Å². The molecule has 1 aromatic rings. The van der Waals surface area contributed by atoms with Gasteiger partial charge in [0.25, 0.3) is 0 Å². The fraction of sp³-hybridized carbons (Fsp3) is 0.500. The Morgan fingerprint density at radius 2 is 2.00 bits per heavy atom. The highest BCUT2D eigenvalue weighted by molar-refractivity contribution is 5.89. The Bertz CT molecular complexity index is 462. The van der Waals surface area contributed by atoms with Crippen molar-refractivity contribution < 1.29 is 9.18 Å². The molecule has 2 N–H and O–H groups in total. The van der Waals surface area contributed by atoms with Gasteiger partial charge in [0, 0.05) is 24.8 Å². The second-order valence-electron chi connectivity index (χ2n) is 4.94. The summed E-state index contributed by atoms with van der Waals surface area (Å²) in [5, 5.41) is 5.96. The quantitative estimate of drug-likeness (QED) is 0.882. The monoisotopic (exact) mass is 301 g/mol. The third-order valence-corrected chi connectivity index (χ3v) is 3.61. The number of carbonyl (C=O) groups excluding carboxylic acids is 1. The molecule has 0 unspecified atom stereocenters. The largest absolute Gasteiger partial charge is 0.324 e. The third kappa shape index (κ3) is 4.08. The fourth-order valence-corrected chi connectivity index (χ4v) is 2.24. The molecule has 0 radical (unpaired) electrons. The van der Waals surface area contributed by atoms with Crippen LogP contribution in [0.4, 0.5) is 14.9 Å². The summed E-state index contributed by atoms with van der Waals surface area (Å²) in [4.78, 5) is 13.8. The van der Waals surface area contributed by atoms with E-state index in [9.17, 15) is 9.18 Å². The molecule has 0 aromatic heterocycles. The van der Waals surface area contributed by atoms with Crippen molar-refractivity contribution in [3.8, 4) is 0 Å². The van der Waals surface area contributed by atoms with E-state index in [-0.39, 0.29) is 24.3 Å². The van der Waals surface area contributed by atoms with E-state index in [1.807, 2.05) is 7.05 Å². The molecule has 2 amide bonds. The van der Waals surface area contributed by atoms with Gasteiger partial charge in [-0.3, -0.25) is 0 Å². The van der Waals surface area contributed by atoms with Crippen molar-refractivity contribution in [2.75, 3.05) is 25.5 Å². The van der Waals surface area contributed by atoms with Gasteiger partial charge < -0.3 is 15.5 Å². The zero-order valence-corrected chi connectivity index (χ0v) is 12.6. The highest BCUT2D eigenvalue weighted by Crippen LogP contribution is 2.16. The minimum atomic E-state index is -0.299. The maximum absolute atomic E-state index is 13.4. The molecular weight excluding hydrogens is 281 g/mol. The summed E-state index contributed by atoms with van der Waals surface area (Å²) in [5.41, 5.74) is 1.08. The molecule has 20 heavy (non-hydrogen) atoms. The lowest BCUT2D eigenvalue weighted by Gasteiger charge is -2.31. The first-order valence-corrected chi connectivity index (χ1v) is 6.59. The molecule has 1 heterocycles. The van der Waals surface area contributed by atoms with E-state index in [1.54, 1.807) is 24.0 Å². The average molecular weight is 302 g/mol. The number of piperidine rings is 1. The molecule has 6 heteroatoms. The van der Waals surface area contributed by atoms with E-state index >= 15 is 0 Å². The number of likely N-dealkylation sites (tertiary alicyclic amines) is 1. The molecule has 1 aliphatic rings. The average Bonchev–Trinajstić information content (AvgIpc) is 2.43. The number of hydrogen-bond donors (Lipinski definition) is 2. The van der Waals surface area contributed by atoms with Gasteiger partial charge in [-0.25, -0.2) is 9.18 Å². The zero-order chi connectivity index (χ0) is 13.8. The van der Waals surface area contributed by atoms with Crippen molar-refractivity contribution in [1.82, 2.24) is 10.2 Å². The van der Waals surface area contributed by atoms with Crippen LogP contribution in [-0.2, 0) is 0 Å². The number of nitrogens with one attached hydrogen (secondary N) is 2. The van der Waals surface area contributed by atoms with Gasteiger partial charge in [-0.15, -0.1) is 12.4 Å². The van der Waals surface area contributed by atoms with Crippen LogP contribution in [0.5, 0.6) is 0 Å². The predicted molar refractivity (Wildman–Crippen MR) is 81.1 cm³/mol. The molecule has 1 saturated heterocycles. The molecule has 1 fully saturated rings. The van der Waals surface area contributed by atoms with Crippen LogP contribution in [0.25, 0.3) is 0 Å². The molecular formula is C14H21ClFN3O. The Morgan fingerprint density at radius 3 is 2.55 bits per heavy atom. The summed E-state index contributed by atoms with van der Waals surface area (Å²) in [7, 11) is 1.94. The fourth-order valence-electron chi connectivity index (χ4n) is 2.24. The molecule has 1 aliphatic heterocycles. The minimum Gasteiger partial charge on any atom is -0.324 e. The maximum atomic E-state index is 13.4. The standard InChI is InChI=1S/C14H20FN3O.ClH/c1-10-3-4-12(9-13(10)15)17-14(19)18-7-5-11(16-2)6-8-18;/h3-4,9,11,16H,5-8H2,1-2H3,(H,17,19);1H. The molecule has 0 atom stereocenters. The molecule has 0 spiro atoms. The smallest absolute Gasteiger partial charge is 0.321 e. The van der Waals surface area contributed by atoms with Gasteiger partial charge in [-0.1, -0.05) is 6.07 Å². The van der Waals surface area contributed by atoms with Crippen LogP contribution in [0, 0.1) is 12.7 Å². The Kier molecular flexibility index (Phi) is 6.23. The Labute approximate surface area is 125 Å². The minimum absolute atomic E-state index is 0. The molecule has 1 aromatic carbocycles. The van der Waals surface area contributed by atoms with Crippen LogP contribution in [0.1, 0.15) is 18.4 Å². The van der Waals surface area contributed by atoms with Crippen LogP contribution in [0.2, 0.25) is 0 Å². The molecule has 0 aliphatic carbocycles. The molecule has 0 bridgehead atoms. The van der Waals surface area contributed by atoms with Crippen LogP contribution < -0.4 is 10.6 Å². The van der Waals surface area contributed by atoms with Crippen LogP contribution >= 0.6 is 12.4 Å². The topological polar surface area (TPSA) is 44.4 Å². The van der Waals surface area contributed by atoms with E-state index in [1.165, 1.54) is 6.07 Å². The predicted octanol–water partition coefficient (Wildman–Crippen LogP) is 2.77. The van der Waals surface area contributed by atoms with E-state index < -0.39 is 0 Å². The molecule has 2 rings (SSSR count). The summed E-state index contributed by atoms with van der Waals surface area (Å²) < 4.78 is 13.4. The maximum Gasteiger partial charge on any atom is 0.321 e. The normalized spacial score (nSPS) is 15.7. The second-order valence-corrected chi connectivity index (χ2v) is 4.94. The number of hydrogen-bond acceptors (Lipinski definition) is 2. The molecule has 112 valence electrons. The van der Waals surface area contributed by atoms with Crippen LogP contribution in [0.3, 0.4) is 0 Å². The van der Waals surface area contributed by atoms with Crippen molar-refractivity contribution in [3.63, 3.8) is 0 Å². The summed E-state index contributed by atoms with van der Waals surface area (Å²) in [5.74, 6) is -0.299. The van der Waals surface area contributed by atoms with Crippen LogP contribution in [-0.4, -0.2) is 37.1 Å². The zero-order valence-electron chi connectivity index (χ0n) is 11.8.